The topological polar surface area (TPSA) is 75.2 Å². The van der Waals surface area contributed by atoms with Crippen molar-refractivity contribution in [1.82, 2.24) is 15.5 Å². The number of rotatable bonds is 9. The van der Waals surface area contributed by atoms with Crippen molar-refractivity contribution in [3.05, 3.63) is 54.1 Å². The van der Waals surface area contributed by atoms with E-state index in [1.807, 2.05) is 36.4 Å². The molecule has 2 N–H and O–H groups in total. The third kappa shape index (κ3) is 8.48. The van der Waals surface area contributed by atoms with Crippen LogP contribution in [-0.2, 0) is 11.2 Å². The first-order valence-electron chi connectivity index (χ1n) is 9.90. The van der Waals surface area contributed by atoms with Gasteiger partial charge in [0.25, 0.3) is 0 Å². The fraction of sp³-hybridized carbons (Fsp3) is 0.364. The maximum absolute atomic E-state index is 11.9. The molecule has 0 unspecified atom stereocenters. The van der Waals surface area contributed by atoms with Crippen molar-refractivity contribution in [2.75, 3.05) is 46.3 Å². The molecule has 168 valence electrons. The number of nitrogens with zero attached hydrogens (tertiary/aromatic N) is 2. The summed E-state index contributed by atoms with van der Waals surface area (Å²) in [6, 6.07) is 16.2. The van der Waals surface area contributed by atoms with Crippen LogP contribution < -0.4 is 20.1 Å². The Morgan fingerprint density at radius 3 is 2.58 bits per heavy atom. The van der Waals surface area contributed by atoms with Gasteiger partial charge in [0.1, 0.15) is 6.54 Å². The van der Waals surface area contributed by atoms with Crippen LogP contribution in [0.25, 0.3) is 0 Å². The largest absolute Gasteiger partial charge is 0.454 e. The van der Waals surface area contributed by atoms with E-state index in [2.05, 4.69) is 27.8 Å². The van der Waals surface area contributed by atoms with Crippen molar-refractivity contribution < 1.29 is 14.3 Å². The van der Waals surface area contributed by atoms with Crippen molar-refractivity contribution in [3.8, 4) is 11.5 Å². The zero-order valence-electron chi connectivity index (χ0n) is 17.8. The minimum absolute atomic E-state index is 0. The highest BCUT2D eigenvalue weighted by Gasteiger charge is 2.13. The van der Waals surface area contributed by atoms with Crippen LogP contribution in [0.15, 0.2) is 58.4 Å². The van der Waals surface area contributed by atoms with Crippen LogP contribution in [-0.4, -0.2) is 63.0 Å². The smallest absolute Gasteiger partial charge is 0.243 e. The predicted molar refractivity (Wildman–Crippen MR) is 136 cm³/mol. The molecule has 0 saturated carbocycles. The van der Waals surface area contributed by atoms with Crippen molar-refractivity contribution in [1.29, 1.82) is 0 Å². The predicted octanol–water partition coefficient (Wildman–Crippen LogP) is 2.99. The lowest BCUT2D eigenvalue weighted by Crippen LogP contribution is -2.40. The Bertz CT molecular complexity index is 865. The quantitative estimate of drug-likeness (QED) is 0.163. The van der Waals surface area contributed by atoms with E-state index < -0.39 is 0 Å². The number of hydrogen-bond acceptors (Lipinski definition) is 5. The Labute approximate surface area is 205 Å². The fourth-order valence-corrected chi connectivity index (χ4v) is 3.53. The molecule has 2 aromatic carbocycles. The molecular formula is C22H29IN4O3S. The summed E-state index contributed by atoms with van der Waals surface area (Å²) in [5.74, 6) is 3.07. The Balaban J connectivity index is 0.00000341. The number of likely N-dealkylation sites (N-methyl/N-ethyl adjacent to an activating group) is 1. The highest BCUT2D eigenvalue weighted by Crippen LogP contribution is 2.32. The van der Waals surface area contributed by atoms with Crippen molar-refractivity contribution in [3.63, 3.8) is 0 Å². The van der Waals surface area contributed by atoms with Gasteiger partial charge in [-0.25, -0.2) is 4.99 Å². The van der Waals surface area contributed by atoms with E-state index in [4.69, 9.17) is 9.47 Å². The molecule has 0 saturated heterocycles. The SMILES string of the molecule is CN(C)C(=O)CN=C(NCCSc1ccccc1)NCCc1ccc2c(c1)OCO2.I. The molecule has 0 fully saturated rings. The van der Waals surface area contributed by atoms with Gasteiger partial charge in [-0.2, -0.15) is 0 Å². The average molecular weight is 556 g/mol. The lowest BCUT2D eigenvalue weighted by molar-refractivity contribution is -0.127. The molecule has 7 nitrogen and oxygen atoms in total. The number of hydrogen-bond donors (Lipinski definition) is 2. The summed E-state index contributed by atoms with van der Waals surface area (Å²) < 4.78 is 10.8. The Kier molecular flexibility index (Phi) is 10.8. The maximum atomic E-state index is 11.9. The third-order valence-electron chi connectivity index (χ3n) is 4.42. The molecule has 0 bridgehead atoms. The highest BCUT2D eigenvalue weighted by molar-refractivity contribution is 14.0. The number of thioether (sulfide) groups is 1. The maximum Gasteiger partial charge on any atom is 0.243 e. The molecular weight excluding hydrogens is 527 g/mol. The number of carbonyl (C=O) groups is 1. The van der Waals surface area contributed by atoms with E-state index in [9.17, 15) is 4.79 Å². The van der Waals surface area contributed by atoms with Gasteiger partial charge in [-0.15, -0.1) is 35.7 Å². The number of aliphatic imine (C=N–C) groups is 1. The van der Waals surface area contributed by atoms with Crippen molar-refractivity contribution >= 4 is 47.6 Å². The van der Waals surface area contributed by atoms with Gasteiger partial charge in [0.15, 0.2) is 17.5 Å². The van der Waals surface area contributed by atoms with Gasteiger partial charge >= 0.3 is 0 Å². The van der Waals surface area contributed by atoms with Gasteiger partial charge in [0, 0.05) is 37.8 Å². The second kappa shape index (κ2) is 13.3. The molecule has 2 aromatic rings. The van der Waals surface area contributed by atoms with Crippen LogP contribution in [0.3, 0.4) is 0 Å². The van der Waals surface area contributed by atoms with E-state index in [1.54, 1.807) is 30.8 Å². The van der Waals surface area contributed by atoms with E-state index in [1.165, 1.54) is 4.90 Å². The summed E-state index contributed by atoms with van der Waals surface area (Å²) in [6.45, 7) is 1.82. The van der Waals surface area contributed by atoms with Crippen LogP contribution >= 0.6 is 35.7 Å². The van der Waals surface area contributed by atoms with Crippen LogP contribution in [0.5, 0.6) is 11.5 Å². The Morgan fingerprint density at radius 2 is 1.81 bits per heavy atom. The fourth-order valence-electron chi connectivity index (χ4n) is 2.74. The van der Waals surface area contributed by atoms with Gasteiger partial charge in [0.05, 0.1) is 0 Å². The number of nitrogens with one attached hydrogen (secondary N) is 2. The molecule has 0 aromatic heterocycles. The summed E-state index contributed by atoms with van der Waals surface area (Å²) in [7, 11) is 3.46. The molecule has 0 radical (unpaired) electrons. The number of benzene rings is 2. The second-order valence-corrected chi connectivity index (χ2v) is 8.07. The standard InChI is InChI=1S/C22H28N4O3S.HI/c1-26(2)21(27)15-25-22(24-12-13-30-18-6-4-3-5-7-18)23-11-10-17-8-9-19-20(14-17)29-16-28-19;/h3-9,14H,10-13,15-16H2,1-2H3,(H2,23,24,25);1H. The zero-order chi connectivity index (χ0) is 21.2. The number of guanidine groups is 1. The van der Waals surface area contributed by atoms with E-state index >= 15 is 0 Å². The van der Waals surface area contributed by atoms with E-state index in [0.29, 0.717) is 12.5 Å². The zero-order valence-corrected chi connectivity index (χ0v) is 20.9. The first-order valence-corrected chi connectivity index (χ1v) is 10.9. The number of halogens is 1. The average Bonchev–Trinajstić information content (AvgIpc) is 3.22. The van der Waals surface area contributed by atoms with Gasteiger partial charge in [0.2, 0.25) is 12.7 Å². The molecule has 0 aliphatic carbocycles. The second-order valence-electron chi connectivity index (χ2n) is 6.91. The molecule has 1 aliphatic rings. The number of ether oxygens (including phenoxy) is 2. The first-order chi connectivity index (χ1) is 14.6. The van der Waals surface area contributed by atoms with Crippen LogP contribution in [0.2, 0.25) is 0 Å². The van der Waals surface area contributed by atoms with E-state index in [0.717, 1.165) is 35.8 Å². The highest BCUT2D eigenvalue weighted by atomic mass is 127. The Hall–Kier alpha value is -2.14. The number of carbonyl (C=O) groups excluding carboxylic acids is 1. The summed E-state index contributed by atoms with van der Waals surface area (Å²) >= 11 is 1.78. The summed E-state index contributed by atoms with van der Waals surface area (Å²) in [4.78, 5) is 19.1. The number of fused-ring (bicyclic) bond motifs is 1. The van der Waals surface area contributed by atoms with Crippen LogP contribution in [0.1, 0.15) is 5.56 Å². The number of amides is 1. The van der Waals surface area contributed by atoms with Gasteiger partial charge < -0.3 is 25.0 Å². The van der Waals surface area contributed by atoms with Crippen molar-refractivity contribution in [2.24, 2.45) is 4.99 Å². The van der Waals surface area contributed by atoms with Gasteiger partial charge in [-0.1, -0.05) is 24.3 Å². The first kappa shape index (κ1) is 25.1. The molecule has 1 aliphatic heterocycles. The van der Waals surface area contributed by atoms with Gasteiger partial charge in [-0.05, 0) is 36.2 Å². The molecule has 0 atom stereocenters. The Morgan fingerprint density at radius 1 is 1.06 bits per heavy atom. The molecule has 1 heterocycles. The summed E-state index contributed by atoms with van der Waals surface area (Å²) in [5.41, 5.74) is 1.15. The summed E-state index contributed by atoms with van der Waals surface area (Å²) in [5, 5.41) is 6.63. The van der Waals surface area contributed by atoms with Crippen LogP contribution in [0, 0.1) is 0 Å². The lowest BCUT2D eigenvalue weighted by atomic mass is 10.1. The molecule has 31 heavy (non-hydrogen) atoms. The summed E-state index contributed by atoms with van der Waals surface area (Å²) in [6.07, 6.45) is 0.803. The normalized spacial score (nSPS) is 12.1. The van der Waals surface area contributed by atoms with Crippen LogP contribution in [0.4, 0.5) is 0 Å². The lowest BCUT2D eigenvalue weighted by Gasteiger charge is -2.14. The van der Waals surface area contributed by atoms with Gasteiger partial charge in [-0.3, -0.25) is 4.79 Å². The monoisotopic (exact) mass is 556 g/mol. The molecule has 1 amide bonds. The minimum atomic E-state index is -0.0365. The minimum Gasteiger partial charge on any atom is -0.454 e. The molecule has 9 heteroatoms. The molecule has 3 rings (SSSR count). The van der Waals surface area contributed by atoms with E-state index in [-0.39, 0.29) is 43.2 Å². The third-order valence-corrected chi connectivity index (χ3v) is 5.43. The molecule has 0 spiro atoms. The van der Waals surface area contributed by atoms with Crippen molar-refractivity contribution in [2.45, 2.75) is 11.3 Å².